The van der Waals surface area contributed by atoms with Gasteiger partial charge in [0.25, 0.3) is 0 Å². The summed E-state index contributed by atoms with van der Waals surface area (Å²) in [6.07, 6.45) is 5.82. The van der Waals surface area contributed by atoms with Crippen molar-refractivity contribution in [2.75, 3.05) is 26.4 Å². The molecule has 1 heterocycles. The summed E-state index contributed by atoms with van der Waals surface area (Å²) in [4.78, 5) is 0. The third-order valence-electron chi connectivity index (χ3n) is 26.3. The maximum atomic E-state index is 12.7. The zero-order chi connectivity index (χ0) is 77.1. The molecule has 0 amide bonds. The Labute approximate surface area is 629 Å². The summed E-state index contributed by atoms with van der Waals surface area (Å²) in [7, 11) is 0. The topological polar surface area (TPSA) is 199 Å². The van der Waals surface area contributed by atoms with Crippen LogP contribution in [-0.4, -0.2) is 91.7 Å². The summed E-state index contributed by atoms with van der Waals surface area (Å²) in [5.74, 6) is 0.713. The zero-order valence-electron chi connectivity index (χ0n) is 69.2. The minimum absolute atomic E-state index is 0.0160. The standard InChI is InChI=1S/C92H144O12/c1-85(2,3)69-29-53-25-54-30-70(86(4,5)6)39-63(78(54)94)47-102-48-64-40-73(89(13,14)15)33-57(81(64)97)27-58-34-74(90(16,17)18)43-67(82(58)98)51-104-52-68-44-76(92(22,23)24)36-60(84(68)100)28-59-35-75(91(19,20)21)42-66(83(59)99)50-103-49-65-41-72(88(10,11)12)32-56(80(65)96)26-55-31-71(87(7,8)9)38-62(79(55)95)46-101-45-61(37-69)77(53)93/h29-31,33,37-40,56,58-60,65-68,72,74-76,80,82-84,93-100H,25-28,32,34-36,41-52H2,1-24H3. The van der Waals surface area contributed by atoms with Gasteiger partial charge in [0.2, 0.25) is 0 Å². The molecule has 9 rings (SSSR count). The molecule has 16 bridgehead atoms. The molecule has 12 heteroatoms. The average Bonchev–Trinajstić information content (AvgIpc) is 0.796. The molecule has 4 saturated carbocycles. The monoisotopic (exact) mass is 1440 g/mol. The van der Waals surface area contributed by atoms with Gasteiger partial charge in [-0.15, -0.1) is 0 Å². The molecule has 0 saturated heterocycles. The van der Waals surface area contributed by atoms with E-state index in [4.69, 9.17) is 18.9 Å². The van der Waals surface area contributed by atoms with E-state index in [2.05, 4.69) is 178 Å². The van der Waals surface area contributed by atoms with E-state index in [1.165, 1.54) is 0 Å². The molecule has 16 unspecified atom stereocenters. The van der Waals surface area contributed by atoms with Crippen molar-refractivity contribution in [3.8, 4) is 23.0 Å². The molecular formula is C92H144O12. The number of benzene rings is 4. The fraction of sp³-hybridized carbons (Fsp3) is 0.739. The maximum Gasteiger partial charge on any atom is 0.124 e. The first-order valence-electron chi connectivity index (χ1n) is 40.3. The number of rotatable bonds is 0. The molecular weight excluding hydrogens is 1300 g/mol. The SMILES string of the molecule is CC(C)(C)c1cc2c(O)c(c1)Cc1cc(C(C)(C)C)cc(c1O)COCc1cc(C(C)(C)C)cc(c1O)CC1CC(C(C)(C)C)CC(COCC3CC(C(C)(C)C)CC(CC4CC(C(C)(C)C)CC(COCC5CC(C(C)(C)C)CC(Cc6cc(C(C)(C)C)cc(c6O)COC2)C5O)C4O)C3O)C1O. The summed E-state index contributed by atoms with van der Waals surface area (Å²) in [6, 6.07) is 16.4. The molecule has 0 spiro atoms. The van der Waals surface area contributed by atoms with Crippen LogP contribution in [0.4, 0.5) is 0 Å². The van der Waals surface area contributed by atoms with Gasteiger partial charge >= 0.3 is 0 Å². The van der Waals surface area contributed by atoms with Crippen molar-refractivity contribution >= 4 is 0 Å². The van der Waals surface area contributed by atoms with Crippen LogP contribution in [-0.2, 0) is 86.3 Å². The van der Waals surface area contributed by atoms with Crippen LogP contribution >= 0.6 is 0 Å². The molecule has 0 radical (unpaired) electrons. The Morgan fingerprint density at radius 1 is 0.250 bits per heavy atom. The van der Waals surface area contributed by atoms with Gasteiger partial charge in [-0.2, -0.15) is 0 Å². The zero-order valence-corrected chi connectivity index (χ0v) is 69.2. The highest BCUT2D eigenvalue weighted by molar-refractivity contribution is 5.53. The predicted molar refractivity (Wildman–Crippen MR) is 421 cm³/mol. The average molecular weight is 1440 g/mol. The molecule has 4 aromatic carbocycles. The summed E-state index contributed by atoms with van der Waals surface area (Å²) in [6.45, 7) is 55.3. The smallest absolute Gasteiger partial charge is 0.124 e. The van der Waals surface area contributed by atoms with Crippen molar-refractivity contribution in [1.29, 1.82) is 0 Å². The second kappa shape index (κ2) is 32.0. The minimum atomic E-state index is -0.696. The van der Waals surface area contributed by atoms with Crippen LogP contribution in [0.3, 0.4) is 0 Å². The number of ether oxygens (including phenoxy) is 4. The number of aliphatic hydroxyl groups is 4. The van der Waals surface area contributed by atoms with Gasteiger partial charge in [-0.1, -0.05) is 190 Å². The fourth-order valence-electron chi connectivity index (χ4n) is 18.6. The van der Waals surface area contributed by atoms with Gasteiger partial charge in [0.15, 0.2) is 0 Å². The first-order valence-corrected chi connectivity index (χ1v) is 40.3. The molecule has 104 heavy (non-hydrogen) atoms. The summed E-state index contributed by atoms with van der Waals surface area (Å²) >= 11 is 0. The van der Waals surface area contributed by atoms with Crippen molar-refractivity contribution in [2.24, 2.45) is 92.7 Å². The van der Waals surface area contributed by atoms with E-state index in [0.717, 1.165) is 84.7 Å². The van der Waals surface area contributed by atoms with Crippen molar-refractivity contribution in [3.05, 3.63) is 115 Å². The van der Waals surface area contributed by atoms with E-state index in [9.17, 15) is 40.9 Å². The third kappa shape index (κ3) is 20.4. The van der Waals surface area contributed by atoms with Crippen molar-refractivity contribution in [1.82, 2.24) is 0 Å². The van der Waals surface area contributed by atoms with E-state index in [1.807, 2.05) is 36.4 Å². The van der Waals surface area contributed by atoms with Gasteiger partial charge in [-0.3, -0.25) is 0 Å². The van der Waals surface area contributed by atoms with E-state index < -0.39 is 24.4 Å². The Bertz CT molecular complexity index is 3300. The Morgan fingerprint density at radius 2 is 0.452 bits per heavy atom. The fourth-order valence-corrected chi connectivity index (χ4v) is 18.6. The lowest BCUT2D eigenvalue weighted by Crippen LogP contribution is -2.48. The summed E-state index contributed by atoms with van der Waals surface area (Å²) < 4.78 is 27.0. The molecule has 5 aliphatic rings. The van der Waals surface area contributed by atoms with Crippen molar-refractivity contribution < 1.29 is 59.8 Å². The number of hydrogen-bond acceptors (Lipinski definition) is 12. The number of hydrogen-bond donors (Lipinski definition) is 8. The van der Waals surface area contributed by atoms with Crippen LogP contribution in [0.15, 0.2) is 48.5 Å². The minimum Gasteiger partial charge on any atom is -0.507 e. The number of phenolic OH excluding ortho intramolecular Hbond substituents is 4. The van der Waals surface area contributed by atoms with Crippen LogP contribution in [0.5, 0.6) is 23.0 Å². The van der Waals surface area contributed by atoms with Crippen molar-refractivity contribution in [3.63, 3.8) is 0 Å². The molecule has 4 aromatic rings. The number of phenols is 4. The molecule has 16 atom stereocenters. The Balaban J connectivity index is 1.09. The maximum absolute atomic E-state index is 12.7. The quantitative estimate of drug-likeness (QED) is 0.0830. The number of aromatic hydroxyl groups is 4. The highest BCUT2D eigenvalue weighted by atomic mass is 16.5. The second-order valence-corrected chi connectivity index (χ2v) is 42.6. The van der Waals surface area contributed by atoms with Gasteiger partial charge in [0.1, 0.15) is 23.0 Å². The van der Waals surface area contributed by atoms with Gasteiger partial charge < -0.3 is 59.8 Å². The van der Waals surface area contributed by atoms with E-state index in [1.54, 1.807) is 0 Å². The number of aliphatic hydroxyl groups excluding tert-OH is 4. The first kappa shape index (κ1) is 83.8. The lowest BCUT2D eigenvalue weighted by atomic mass is 9.59. The Morgan fingerprint density at radius 3 is 0.692 bits per heavy atom. The molecule has 8 N–H and O–H groups in total. The summed E-state index contributed by atoms with van der Waals surface area (Å²) in [5.41, 5.74) is 8.08. The van der Waals surface area contributed by atoms with Crippen LogP contribution in [0.1, 0.15) is 291 Å². The highest BCUT2D eigenvalue weighted by Crippen LogP contribution is 2.53. The third-order valence-corrected chi connectivity index (χ3v) is 26.3. The Kier molecular flexibility index (Phi) is 25.8. The molecule has 584 valence electrons. The van der Waals surface area contributed by atoms with Gasteiger partial charge in [-0.25, -0.2) is 0 Å². The highest BCUT2D eigenvalue weighted by Gasteiger charge is 2.49. The van der Waals surface area contributed by atoms with Crippen LogP contribution in [0.25, 0.3) is 0 Å². The molecule has 1 aliphatic heterocycles. The first-order chi connectivity index (χ1) is 47.9. The number of fused-ring (bicyclic) bond motifs is 16. The second-order valence-electron chi connectivity index (χ2n) is 42.6. The summed E-state index contributed by atoms with van der Waals surface area (Å²) in [5, 5.41) is 101. The van der Waals surface area contributed by atoms with Crippen LogP contribution < -0.4 is 0 Å². The normalized spacial score (nSPS) is 30.1. The molecule has 0 aromatic heterocycles. The van der Waals surface area contributed by atoms with E-state index in [0.29, 0.717) is 90.9 Å². The van der Waals surface area contributed by atoms with Crippen molar-refractivity contribution in [2.45, 2.75) is 316 Å². The predicted octanol–water partition coefficient (Wildman–Crippen LogP) is 19.4. The lowest BCUT2D eigenvalue weighted by Gasteiger charge is -2.49. The molecule has 4 fully saturated rings. The lowest BCUT2D eigenvalue weighted by molar-refractivity contribution is -0.109. The van der Waals surface area contributed by atoms with Gasteiger partial charge in [0, 0.05) is 52.3 Å². The largest absolute Gasteiger partial charge is 0.507 e. The van der Waals surface area contributed by atoms with E-state index in [-0.39, 0.29) is 158 Å². The molecule has 12 nitrogen and oxygen atoms in total. The van der Waals surface area contributed by atoms with E-state index >= 15 is 0 Å². The Hall–Kier alpha value is -4.24. The van der Waals surface area contributed by atoms with Crippen LogP contribution in [0.2, 0.25) is 0 Å². The van der Waals surface area contributed by atoms with Gasteiger partial charge in [-0.05, 0) is 230 Å². The van der Waals surface area contributed by atoms with Gasteiger partial charge in [0.05, 0.1) is 77.3 Å². The van der Waals surface area contributed by atoms with Crippen LogP contribution in [0, 0.1) is 92.7 Å². The molecule has 4 aliphatic carbocycles.